The minimum Gasteiger partial charge on any atom is -0.464 e. The number of nitrogens with one attached hydrogen (secondary N) is 4. The average Bonchev–Trinajstić information content (AvgIpc) is 2.55. The molecule has 3 amide bonds. The van der Waals surface area contributed by atoms with Gasteiger partial charge in [-0.05, 0) is 6.92 Å². The van der Waals surface area contributed by atoms with Gasteiger partial charge in [-0.1, -0.05) is 0 Å². The van der Waals surface area contributed by atoms with Gasteiger partial charge in [-0.3, -0.25) is 24.5 Å². The number of cyclic esters (lactones) is 1. The molecule has 6 N–H and O–H groups in total. The van der Waals surface area contributed by atoms with Crippen molar-refractivity contribution < 1.29 is 34.1 Å². The van der Waals surface area contributed by atoms with Gasteiger partial charge in [0.15, 0.2) is 6.29 Å². The molecule has 0 spiro atoms. The quantitative estimate of drug-likeness (QED) is 0.216. The van der Waals surface area contributed by atoms with Crippen molar-refractivity contribution in [3.8, 4) is 0 Å². The average molecular weight is 360 g/mol. The maximum atomic E-state index is 12.2. The lowest BCUT2D eigenvalue weighted by Crippen LogP contribution is -2.56. The minimum absolute atomic E-state index is 0.0331. The summed E-state index contributed by atoms with van der Waals surface area (Å²) in [5.74, 6) is -2.43. The Balaban J connectivity index is 2.92. The lowest BCUT2D eigenvalue weighted by atomic mass is 10.1. The van der Waals surface area contributed by atoms with Gasteiger partial charge in [0, 0.05) is 13.5 Å². The molecule has 1 aliphatic heterocycles. The fraction of sp³-hybridized carbons (Fsp3) is 0.714. The summed E-state index contributed by atoms with van der Waals surface area (Å²) >= 11 is 0. The zero-order valence-corrected chi connectivity index (χ0v) is 14.1. The lowest BCUT2D eigenvalue weighted by Gasteiger charge is -2.26. The number of aliphatic hydroxyl groups is 2. The van der Waals surface area contributed by atoms with Crippen molar-refractivity contribution in [2.75, 3.05) is 20.2 Å². The predicted molar refractivity (Wildman–Crippen MR) is 83.8 cm³/mol. The zero-order valence-electron chi connectivity index (χ0n) is 14.1. The first kappa shape index (κ1) is 20.8. The van der Waals surface area contributed by atoms with Crippen LogP contribution >= 0.6 is 0 Å². The highest BCUT2D eigenvalue weighted by Crippen LogP contribution is 2.02. The van der Waals surface area contributed by atoms with E-state index in [0.29, 0.717) is 0 Å². The first-order valence-electron chi connectivity index (χ1n) is 7.81. The predicted octanol–water partition coefficient (Wildman–Crippen LogP) is -3.67. The Kier molecular flexibility index (Phi) is 8.25. The molecule has 11 nitrogen and oxygen atoms in total. The van der Waals surface area contributed by atoms with E-state index in [1.165, 1.54) is 14.0 Å². The number of hydrogen-bond donors (Lipinski definition) is 6. The van der Waals surface area contributed by atoms with Crippen LogP contribution in [0.15, 0.2) is 0 Å². The highest BCUT2D eigenvalue weighted by molar-refractivity contribution is 5.92. The van der Waals surface area contributed by atoms with Crippen LogP contribution in [0.4, 0.5) is 0 Å². The number of rotatable bonds is 2. The molecule has 3 unspecified atom stereocenters. The number of carbonyl (C=O) groups excluding carboxylic acids is 4. The minimum atomic E-state index is -1.87. The topological polar surface area (TPSA) is 166 Å². The van der Waals surface area contributed by atoms with Crippen molar-refractivity contribution in [3.05, 3.63) is 0 Å². The maximum Gasteiger partial charge on any atom is 0.308 e. The molecule has 0 radical (unpaired) electrons. The lowest BCUT2D eigenvalue weighted by molar-refractivity contribution is -0.146. The molecular weight excluding hydrogens is 336 g/mol. The molecule has 1 saturated heterocycles. The van der Waals surface area contributed by atoms with E-state index in [1.54, 1.807) is 0 Å². The summed E-state index contributed by atoms with van der Waals surface area (Å²) in [5.41, 5.74) is 0. The summed E-state index contributed by atoms with van der Waals surface area (Å²) in [5, 5.41) is 28.5. The van der Waals surface area contributed by atoms with Crippen LogP contribution < -0.4 is 21.3 Å². The maximum absolute atomic E-state index is 12.2. The molecule has 1 aliphatic rings. The molecule has 0 bridgehead atoms. The first-order valence-corrected chi connectivity index (χ1v) is 7.81. The summed E-state index contributed by atoms with van der Waals surface area (Å²) in [6.45, 7) is 1.34. The number of carbonyl (C=O) groups is 4. The van der Waals surface area contributed by atoms with Gasteiger partial charge in [0.2, 0.25) is 17.7 Å². The number of hydrogen-bond acceptors (Lipinski definition) is 8. The molecule has 1 fully saturated rings. The Morgan fingerprint density at radius 1 is 1.28 bits per heavy atom. The van der Waals surface area contributed by atoms with Gasteiger partial charge in [0.25, 0.3) is 0 Å². The largest absolute Gasteiger partial charge is 0.464 e. The van der Waals surface area contributed by atoms with Crippen molar-refractivity contribution in [1.29, 1.82) is 0 Å². The standard InChI is InChI=1S/C14H24N4O7/c1-7-12(21)18-8(13(22)15-2)6-11(20)25-4-3-16-10(19)5-9(17-7)14(23)24/h7-9,14,17,23-24H,3-6H2,1-2H3,(H,15,22)(H,16,19)(H,18,21). The Morgan fingerprint density at radius 3 is 2.56 bits per heavy atom. The van der Waals surface area contributed by atoms with Gasteiger partial charge in [0.05, 0.1) is 25.0 Å². The van der Waals surface area contributed by atoms with Crippen LogP contribution in [-0.2, 0) is 23.9 Å². The third-order valence-corrected chi connectivity index (χ3v) is 3.56. The van der Waals surface area contributed by atoms with Crippen LogP contribution in [0.25, 0.3) is 0 Å². The smallest absolute Gasteiger partial charge is 0.308 e. The summed E-state index contributed by atoms with van der Waals surface area (Å²) in [6.07, 6.45) is -2.55. The highest BCUT2D eigenvalue weighted by atomic mass is 16.5. The molecule has 0 aromatic carbocycles. The van der Waals surface area contributed by atoms with Gasteiger partial charge >= 0.3 is 5.97 Å². The van der Waals surface area contributed by atoms with Gasteiger partial charge in [0.1, 0.15) is 12.6 Å². The van der Waals surface area contributed by atoms with Crippen molar-refractivity contribution in [2.24, 2.45) is 0 Å². The van der Waals surface area contributed by atoms with Crippen molar-refractivity contribution in [2.45, 2.75) is 44.2 Å². The van der Waals surface area contributed by atoms with Gasteiger partial charge in [-0.25, -0.2) is 0 Å². The van der Waals surface area contributed by atoms with Gasteiger partial charge < -0.3 is 30.9 Å². The second-order valence-corrected chi connectivity index (χ2v) is 5.56. The van der Waals surface area contributed by atoms with Crippen LogP contribution in [0.1, 0.15) is 19.8 Å². The summed E-state index contributed by atoms with van der Waals surface area (Å²) in [7, 11) is 1.36. The highest BCUT2D eigenvalue weighted by Gasteiger charge is 2.29. The fourth-order valence-electron chi connectivity index (χ4n) is 2.18. The van der Waals surface area contributed by atoms with E-state index in [9.17, 15) is 29.4 Å². The molecule has 0 aromatic rings. The third-order valence-electron chi connectivity index (χ3n) is 3.56. The number of aliphatic hydroxyl groups excluding tert-OH is 1. The van der Waals surface area contributed by atoms with E-state index in [2.05, 4.69) is 21.3 Å². The van der Waals surface area contributed by atoms with E-state index in [1.807, 2.05) is 0 Å². The summed E-state index contributed by atoms with van der Waals surface area (Å²) in [6, 6.07) is -3.18. The Hall–Kier alpha value is -2.24. The van der Waals surface area contributed by atoms with E-state index in [0.717, 1.165) is 0 Å². The van der Waals surface area contributed by atoms with E-state index >= 15 is 0 Å². The van der Waals surface area contributed by atoms with Crippen molar-refractivity contribution >= 4 is 23.7 Å². The molecule has 0 aliphatic carbocycles. The zero-order chi connectivity index (χ0) is 19.0. The number of likely N-dealkylation sites (N-methyl/N-ethyl adjacent to an activating group) is 1. The molecule has 11 heteroatoms. The van der Waals surface area contributed by atoms with Crippen LogP contribution in [0.5, 0.6) is 0 Å². The van der Waals surface area contributed by atoms with E-state index in [-0.39, 0.29) is 26.0 Å². The molecule has 1 heterocycles. The molecule has 3 atom stereocenters. The molecule has 0 saturated carbocycles. The number of amides is 3. The third kappa shape index (κ3) is 7.03. The molecule has 0 aromatic heterocycles. The second kappa shape index (κ2) is 9.91. The van der Waals surface area contributed by atoms with E-state index < -0.39 is 48.1 Å². The van der Waals surface area contributed by atoms with Gasteiger partial charge in [-0.15, -0.1) is 0 Å². The number of ether oxygens (including phenoxy) is 1. The Morgan fingerprint density at radius 2 is 1.96 bits per heavy atom. The van der Waals surface area contributed by atoms with Crippen LogP contribution in [-0.4, -0.2) is 78.5 Å². The summed E-state index contributed by atoms with van der Waals surface area (Å²) < 4.78 is 4.90. The molecular formula is C14H24N4O7. The Bertz CT molecular complexity index is 511. The fourth-order valence-corrected chi connectivity index (χ4v) is 2.18. The van der Waals surface area contributed by atoms with Crippen LogP contribution in [0.2, 0.25) is 0 Å². The van der Waals surface area contributed by atoms with Crippen molar-refractivity contribution in [1.82, 2.24) is 21.3 Å². The van der Waals surface area contributed by atoms with Crippen LogP contribution in [0.3, 0.4) is 0 Å². The van der Waals surface area contributed by atoms with Crippen molar-refractivity contribution in [3.63, 3.8) is 0 Å². The van der Waals surface area contributed by atoms with E-state index in [4.69, 9.17) is 4.74 Å². The summed E-state index contributed by atoms with van der Waals surface area (Å²) in [4.78, 5) is 47.5. The van der Waals surface area contributed by atoms with Gasteiger partial charge in [-0.2, -0.15) is 0 Å². The SMILES string of the molecule is CNC(=O)C1CC(=O)OCCNC(=O)CC(C(O)O)NC(C)C(=O)N1. The second-order valence-electron chi connectivity index (χ2n) is 5.56. The number of esters is 1. The normalized spacial score (nSPS) is 26.9. The monoisotopic (exact) mass is 360 g/mol. The molecule has 1 rings (SSSR count). The Labute approximate surface area is 144 Å². The molecule has 142 valence electrons. The first-order chi connectivity index (χ1) is 11.7. The molecule has 25 heavy (non-hydrogen) atoms. The van der Waals surface area contributed by atoms with Crippen LogP contribution in [0, 0.1) is 0 Å².